The molecule has 2 atom stereocenters. The summed E-state index contributed by atoms with van der Waals surface area (Å²) in [6.45, 7) is 3.42. The zero-order valence-corrected chi connectivity index (χ0v) is 15.6. The van der Waals surface area contributed by atoms with Crippen molar-refractivity contribution in [3.05, 3.63) is 69.2 Å². The summed E-state index contributed by atoms with van der Waals surface area (Å²) < 4.78 is 0. The molecule has 1 heterocycles. The molecule has 1 aliphatic rings. The summed E-state index contributed by atoms with van der Waals surface area (Å²) in [5.41, 5.74) is 3.22. The Morgan fingerprint density at radius 2 is 1.88 bits per heavy atom. The first kappa shape index (κ1) is 18.2. The minimum absolute atomic E-state index is 0.102. The van der Waals surface area contributed by atoms with Crippen molar-refractivity contribution >= 4 is 29.2 Å². The molecule has 2 aromatic rings. The highest BCUT2D eigenvalue weighted by atomic mass is 35.5. The van der Waals surface area contributed by atoms with E-state index in [9.17, 15) is 9.90 Å². The van der Waals surface area contributed by atoms with Gasteiger partial charge in [-0.05, 0) is 49.1 Å². The first-order chi connectivity index (χ1) is 12.0. The van der Waals surface area contributed by atoms with Crippen LogP contribution in [0.15, 0.2) is 42.5 Å². The molecule has 0 aliphatic carbocycles. The van der Waals surface area contributed by atoms with E-state index in [-0.39, 0.29) is 12.0 Å². The van der Waals surface area contributed by atoms with E-state index in [1.807, 2.05) is 24.3 Å². The predicted octanol–water partition coefficient (Wildman–Crippen LogP) is 5.19. The highest BCUT2D eigenvalue weighted by molar-refractivity contribution is 6.42. The number of piperidine rings is 1. The van der Waals surface area contributed by atoms with Crippen LogP contribution in [0.1, 0.15) is 35.6 Å². The first-order valence-electron chi connectivity index (χ1n) is 8.45. The lowest BCUT2D eigenvalue weighted by atomic mass is 9.89. The Kier molecular flexibility index (Phi) is 5.67. The second-order valence-electron chi connectivity index (χ2n) is 6.57. The van der Waals surface area contributed by atoms with Crippen LogP contribution in [0.25, 0.3) is 0 Å². The van der Waals surface area contributed by atoms with Crippen molar-refractivity contribution in [2.75, 3.05) is 13.1 Å². The van der Waals surface area contributed by atoms with E-state index < -0.39 is 5.97 Å². The normalized spacial score (nSPS) is 19.6. The summed E-state index contributed by atoms with van der Waals surface area (Å²) >= 11 is 12.8. The molecule has 0 spiro atoms. The molecule has 0 bridgehead atoms. The molecule has 0 saturated carbocycles. The van der Waals surface area contributed by atoms with Gasteiger partial charge in [0.05, 0.1) is 22.0 Å². The number of carboxylic acids is 1. The molecule has 5 heteroatoms. The highest BCUT2D eigenvalue weighted by Crippen LogP contribution is 2.39. The number of halogens is 2. The number of hydrogen-bond donors (Lipinski definition) is 1. The SMILES string of the molecule is Cc1ccccc1C(c1cccc(Cl)c1Cl)N1CCCC(C(=O)O)C1. The van der Waals surface area contributed by atoms with Gasteiger partial charge in [-0.1, -0.05) is 59.6 Å². The molecule has 1 saturated heterocycles. The Balaban J connectivity index is 2.08. The van der Waals surface area contributed by atoms with Gasteiger partial charge in [0.2, 0.25) is 0 Å². The molecular weight excluding hydrogens is 357 g/mol. The molecule has 0 amide bonds. The Hall–Kier alpha value is -1.55. The minimum atomic E-state index is -0.731. The van der Waals surface area contributed by atoms with Crippen LogP contribution in [-0.2, 0) is 4.79 Å². The van der Waals surface area contributed by atoms with E-state index in [0.29, 0.717) is 16.6 Å². The van der Waals surface area contributed by atoms with E-state index in [0.717, 1.165) is 36.1 Å². The third-order valence-electron chi connectivity index (χ3n) is 4.93. The maximum absolute atomic E-state index is 11.5. The maximum Gasteiger partial charge on any atom is 0.307 e. The minimum Gasteiger partial charge on any atom is -0.481 e. The van der Waals surface area contributed by atoms with Gasteiger partial charge in [-0.3, -0.25) is 9.69 Å². The smallest absolute Gasteiger partial charge is 0.307 e. The molecule has 1 aliphatic heterocycles. The van der Waals surface area contributed by atoms with Crippen LogP contribution in [-0.4, -0.2) is 29.1 Å². The molecule has 1 N–H and O–H groups in total. The van der Waals surface area contributed by atoms with E-state index in [1.165, 1.54) is 0 Å². The van der Waals surface area contributed by atoms with E-state index in [1.54, 1.807) is 6.07 Å². The van der Waals surface area contributed by atoms with Crippen molar-refractivity contribution in [3.63, 3.8) is 0 Å². The van der Waals surface area contributed by atoms with Crippen LogP contribution in [0.5, 0.6) is 0 Å². The number of aryl methyl sites for hydroxylation is 1. The fourth-order valence-corrected chi connectivity index (χ4v) is 4.04. The molecule has 2 unspecified atom stereocenters. The topological polar surface area (TPSA) is 40.5 Å². The van der Waals surface area contributed by atoms with E-state index in [2.05, 4.69) is 24.0 Å². The Morgan fingerprint density at radius 1 is 1.16 bits per heavy atom. The van der Waals surface area contributed by atoms with Gasteiger partial charge >= 0.3 is 5.97 Å². The van der Waals surface area contributed by atoms with Crippen LogP contribution in [0.2, 0.25) is 10.0 Å². The molecule has 25 heavy (non-hydrogen) atoms. The second-order valence-corrected chi connectivity index (χ2v) is 7.36. The van der Waals surface area contributed by atoms with Gasteiger partial charge in [-0.2, -0.15) is 0 Å². The first-order valence-corrected chi connectivity index (χ1v) is 9.21. The monoisotopic (exact) mass is 377 g/mol. The largest absolute Gasteiger partial charge is 0.481 e. The molecule has 3 rings (SSSR count). The maximum atomic E-state index is 11.5. The molecule has 1 fully saturated rings. The fourth-order valence-electron chi connectivity index (χ4n) is 3.63. The summed E-state index contributed by atoms with van der Waals surface area (Å²) in [4.78, 5) is 13.7. The molecule has 132 valence electrons. The van der Waals surface area contributed by atoms with Gasteiger partial charge in [0, 0.05) is 6.54 Å². The number of carbonyl (C=O) groups is 1. The van der Waals surface area contributed by atoms with Crippen LogP contribution in [0, 0.1) is 12.8 Å². The lowest BCUT2D eigenvalue weighted by Crippen LogP contribution is -2.41. The number of hydrogen-bond acceptors (Lipinski definition) is 2. The third kappa shape index (κ3) is 3.84. The number of likely N-dealkylation sites (tertiary alicyclic amines) is 1. The van der Waals surface area contributed by atoms with Gasteiger partial charge in [0.1, 0.15) is 0 Å². The average Bonchev–Trinajstić information content (AvgIpc) is 2.61. The van der Waals surface area contributed by atoms with Crippen molar-refractivity contribution in [3.8, 4) is 0 Å². The molecular formula is C20H21Cl2NO2. The van der Waals surface area contributed by atoms with Crippen molar-refractivity contribution in [1.82, 2.24) is 4.90 Å². The lowest BCUT2D eigenvalue weighted by molar-refractivity contribution is -0.143. The van der Waals surface area contributed by atoms with Crippen LogP contribution >= 0.6 is 23.2 Å². The summed E-state index contributed by atoms with van der Waals surface area (Å²) in [5.74, 6) is -1.08. The summed E-state index contributed by atoms with van der Waals surface area (Å²) in [6.07, 6.45) is 1.58. The number of rotatable bonds is 4. The fraction of sp³-hybridized carbons (Fsp3) is 0.350. The van der Waals surface area contributed by atoms with Crippen LogP contribution in [0.3, 0.4) is 0 Å². The number of carboxylic acid groups (broad SMARTS) is 1. The van der Waals surface area contributed by atoms with Crippen LogP contribution < -0.4 is 0 Å². The molecule has 2 aromatic carbocycles. The van der Waals surface area contributed by atoms with Crippen LogP contribution in [0.4, 0.5) is 0 Å². The van der Waals surface area contributed by atoms with Gasteiger partial charge in [0.25, 0.3) is 0 Å². The number of aliphatic carboxylic acids is 1. The summed E-state index contributed by atoms with van der Waals surface area (Å²) in [7, 11) is 0. The number of benzene rings is 2. The second kappa shape index (κ2) is 7.77. The Bertz CT molecular complexity index is 778. The highest BCUT2D eigenvalue weighted by Gasteiger charge is 2.32. The Morgan fingerprint density at radius 3 is 2.60 bits per heavy atom. The lowest BCUT2D eigenvalue weighted by Gasteiger charge is -2.38. The van der Waals surface area contributed by atoms with Gasteiger partial charge in [0.15, 0.2) is 0 Å². The number of nitrogens with zero attached hydrogens (tertiary/aromatic N) is 1. The third-order valence-corrected chi connectivity index (χ3v) is 5.76. The summed E-state index contributed by atoms with van der Waals surface area (Å²) in [6, 6.07) is 13.7. The van der Waals surface area contributed by atoms with E-state index in [4.69, 9.17) is 23.2 Å². The van der Waals surface area contributed by atoms with Crippen molar-refractivity contribution in [2.45, 2.75) is 25.8 Å². The van der Waals surface area contributed by atoms with E-state index >= 15 is 0 Å². The van der Waals surface area contributed by atoms with Crippen molar-refractivity contribution in [2.24, 2.45) is 5.92 Å². The predicted molar refractivity (Wildman–Crippen MR) is 101 cm³/mol. The zero-order chi connectivity index (χ0) is 18.0. The van der Waals surface area contributed by atoms with Gasteiger partial charge < -0.3 is 5.11 Å². The zero-order valence-electron chi connectivity index (χ0n) is 14.1. The molecule has 3 nitrogen and oxygen atoms in total. The summed E-state index contributed by atoms with van der Waals surface area (Å²) in [5, 5.41) is 10.5. The van der Waals surface area contributed by atoms with Crippen molar-refractivity contribution in [1.29, 1.82) is 0 Å². The Labute approximate surface area is 158 Å². The standard InChI is InChI=1S/C20H21Cl2NO2/c1-13-6-2-3-8-15(13)19(16-9-4-10-17(21)18(16)22)23-11-5-7-14(12-23)20(24)25/h2-4,6,8-10,14,19H,5,7,11-12H2,1H3,(H,24,25). The molecule has 0 radical (unpaired) electrons. The van der Waals surface area contributed by atoms with Gasteiger partial charge in [-0.15, -0.1) is 0 Å². The van der Waals surface area contributed by atoms with Crippen molar-refractivity contribution < 1.29 is 9.90 Å². The van der Waals surface area contributed by atoms with Gasteiger partial charge in [-0.25, -0.2) is 0 Å². The average molecular weight is 378 g/mol. The quantitative estimate of drug-likeness (QED) is 0.796. The molecule has 0 aromatic heterocycles.